The van der Waals surface area contributed by atoms with Crippen molar-refractivity contribution < 1.29 is 26.3 Å². The molecule has 0 aliphatic heterocycles. The molecular formula is C13H15F6N. The SMILES string of the molecule is CNC(CCC(F)(F)F)Cc1cccc(C(F)(F)F)c1. The molecule has 1 rings (SSSR count). The van der Waals surface area contributed by atoms with E-state index in [4.69, 9.17) is 0 Å². The monoisotopic (exact) mass is 299 g/mol. The van der Waals surface area contributed by atoms with Gasteiger partial charge in [0.2, 0.25) is 0 Å². The Bertz CT molecular complexity index is 424. The van der Waals surface area contributed by atoms with Crippen LogP contribution in [0.5, 0.6) is 0 Å². The fraction of sp³-hybridized carbons (Fsp3) is 0.538. The molecule has 1 N–H and O–H groups in total. The van der Waals surface area contributed by atoms with Crippen LogP contribution in [0.1, 0.15) is 24.0 Å². The third-order valence-corrected chi connectivity index (χ3v) is 2.92. The van der Waals surface area contributed by atoms with E-state index in [0.717, 1.165) is 12.1 Å². The van der Waals surface area contributed by atoms with Gasteiger partial charge in [-0.1, -0.05) is 18.2 Å². The maximum absolute atomic E-state index is 12.5. The van der Waals surface area contributed by atoms with E-state index in [1.165, 1.54) is 19.2 Å². The smallest absolute Gasteiger partial charge is 0.317 e. The van der Waals surface area contributed by atoms with Gasteiger partial charge in [0.15, 0.2) is 0 Å². The van der Waals surface area contributed by atoms with Crippen LogP contribution < -0.4 is 5.32 Å². The fourth-order valence-electron chi connectivity index (χ4n) is 1.85. The molecule has 0 bridgehead atoms. The average Bonchev–Trinajstić information content (AvgIpc) is 2.32. The zero-order valence-corrected chi connectivity index (χ0v) is 10.8. The first-order chi connectivity index (χ1) is 9.12. The van der Waals surface area contributed by atoms with Crippen molar-refractivity contribution in [2.45, 2.75) is 37.7 Å². The summed E-state index contributed by atoms with van der Waals surface area (Å²) in [7, 11) is 1.49. The summed E-state index contributed by atoms with van der Waals surface area (Å²) >= 11 is 0. The second-order valence-corrected chi connectivity index (χ2v) is 4.54. The van der Waals surface area contributed by atoms with Crippen molar-refractivity contribution in [2.24, 2.45) is 0 Å². The Balaban J connectivity index is 2.70. The van der Waals surface area contributed by atoms with Crippen LogP contribution in [0.2, 0.25) is 0 Å². The highest BCUT2D eigenvalue weighted by Gasteiger charge is 2.31. The second kappa shape index (κ2) is 6.47. The average molecular weight is 299 g/mol. The van der Waals surface area contributed by atoms with Gasteiger partial charge < -0.3 is 5.32 Å². The lowest BCUT2D eigenvalue weighted by Gasteiger charge is -2.18. The molecule has 0 spiro atoms. The van der Waals surface area contributed by atoms with Gasteiger partial charge in [-0.15, -0.1) is 0 Å². The van der Waals surface area contributed by atoms with Crippen LogP contribution in [0.25, 0.3) is 0 Å². The molecule has 7 heteroatoms. The fourth-order valence-corrected chi connectivity index (χ4v) is 1.85. The molecular weight excluding hydrogens is 284 g/mol. The molecule has 0 fully saturated rings. The summed E-state index contributed by atoms with van der Waals surface area (Å²) in [4.78, 5) is 0. The number of rotatable bonds is 5. The number of hydrogen-bond donors (Lipinski definition) is 1. The summed E-state index contributed by atoms with van der Waals surface area (Å²) in [5, 5.41) is 2.70. The van der Waals surface area contributed by atoms with Crippen LogP contribution in [0.4, 0.5) is 26.3 Å². The predicted molar refractivity (Wildman–Crippen MR) is 63.3 cm³/mol. The molecule has 1 atom stereocenters. The molecule has 0 saturated heterocycles. The molecule has 0 saturated carbocycles. The molecule has 0 aliphatic carbocycles. The summed E-state index contributed by atoms with van der Waals surface area (Å²) in [6.07, 6.45) is -9.72. The van der Waals surface area contributed by atoms with E-state index in [1.807, 2.05) is 0 Å². The molecule has 20 heavy (non-hydrogen) atoms. The van der Waals surface area contributed by atoms with Gasteiger partial charge in [0, 0.05) is 12.5 Å². The van der Waals surface area contributed by atoms with Crippen LogP contribution >= 0.6 is 0 Å². The zero-order chi connectivity index (χ0) is 15.4. The Morgan fingerprint density at radius 2 is 1.75 bits per heavy atom. The molecule has 0 radical (unpaired) electrons. The Hall–Kier alpha value is -1.24. The summed E-state index contributed by atoms with van der Waals surface area (Å²) < 4.78 is 74.0. The molecule has 1 unspecified atom stereocenters. The Morgan fingerprint density at radius 3 is 2.25 bits per heavy atom. The maximum Gasteiger partial charge on any atom is 0.416 e. The minimum Gasteiger partial charge on any atom is -0.317 e. The van der Waals surface area contributed by atoms with Gasteiger partial charge in [-0.3, -0.25) is 0 Å². The number of alkyl halides is 6. The van der Waals surface area contributed by atoms with Crippen LogP contribution in [0.15, 0.2) is 24.3 Å². The molecule has 1 aromatic carbocycles. The summed E-state index contributed by atoms with van der Waals surface area (Å²) in [5.41, 5.74) is -0.429. The largest absolute Gasteiger partial charge is 0.416 e. The van der Waals surface area contributed by atoms with Crippen molar-refractivity contribution in [1.82, 2.24) is 5.32 Å². The van der Waals surface area contributed by atoms with Gasteiger partial charge in [-0.05, 0) is 31.5 Å². The number of hydrogen-bond acceptors (Lipinski definition) is 1. The molecule has 0 heterocycles. The first-order valence-electron chi connectivity index (χ1n) is 6.02. The van der Waals surface area contributed by atoms with Crippen LogP contribution in [0, 0.1) is 0 Å². The summed E-state index contributed by atoms with van der Waals surface area (Å²) in [5.74, 6) is 0. The lowest BCUT2D eigenvalue weighted by Crippen LogP contribution is -2.29. The van der Waals surface area contributed by atoms with E-state index >= 15 is 0 Å². The first kappa shape index (κ1) is 16.8. The third kappa shape index (κ3) is 5.81. The highest BCUT2D eigenvalue weighted by Crippen LogP contribution is 2.30. The molecule has 0 aromatic heterocycles. The van der Waals surface area contributed by atoms with Crippen molar-refractivity contribution in [3.8, 4) is 0 Å². The van der Waals surface area contributed by atoms with Crippen LogP contribution in [0.3, 0.4) is 0 Å². The topological polar surface area (TPSA) is 12.0 Å². The highest BCUT2D eigenvalue weighted by atomic mass is 19.4. The maximum atomic E-state index is 12.5. The van der Waals surface area contributed by atoms with Crippen LogP contribution in [-0.4, -0.2) is 19.3 Å². The van der Waals surface area contributed by atoms with E-state index < -0.39 is 30.4 Å². The minimum atomic E-state index is -4.45. The molecule has 0 aliphatic rings. The van der Waals surface area contributed by atoms with E-state index in [0.29, 0.717) is 5.56 Å². The van der Waals surface area contributed by atoms with Gasteiger partial charge in [0.25, 0.3) is 0 Å². The molecule has 114 valence electrons. The van der Waals surface area contributed by atoms with E-state index in [9.17, 15) is 26.3 Å². The van der Waals surface area contributed by atoms with Gasteiger partial charge in [0.1, 0.15) is 0 Å². The predicted octanol–water partition coefficient (Wildman–Crippen LogP) is 4.18. The third-order valence-electron chi connectivity index (χ3n) is 2.92. The van der Waals surface area contributed by atoms with Crippen molar-refractivity contribution in [1.29, 1.82) is 0 Å². The second-order valence-electron chi connectivity index (χ2n) is 4.54. The van der Waals surface area contributed by atoms with E-state index in [-0.39, 0.29) is 12.8 Å². The lowest BCUT2D eigenvalue weighted by molar-refractivity contribution is -0.137. The molecule has 0 amide bonds. The lowest BCUT2D eigenvalue weighted by atomic mass is 10.00. The molecule has 1 aromatic rings. The summed E-state index contributed by atoms with van der Waals surface area (Å²) in [6.45, 7) is 0. The van der Waals surface area contributed by atoms with Gasteiger partial charge in [-0.25, -0.2) is 0 Å². The van der Waals surface area contributed by atoms with E-state index in [1.54, 1.807) is 0 Å². The van der Waals surface area contributed by atoms with Crippen molar-refractivity contribution in [3.63, 3.8) is 0 Å². The van der Waals surface area contributed by atoms with E-state index in [2.05, 4.69) is 5.32 Å². The zero-order valence-electron chi connectivity index (χ0n) is 10.8. The Labute approximate surface area is 113 Å². The summed E-state index contributed by atoms with van der Waals surface area (Å²) in [6, 6.07) is 4.13. The number of likely N-dealkylation sites (N-methyl/N-ethyl adjacent to an activating group) is 1. The normalized spacial score (nSPS) is 14.3. The van der Waals surface area contributed by atoms with Crippen molar-refractivity contribution in [3.05, 3.63) is 35.4 Å². The van der Waals surface area contributed by atoms with Crippen LogP contribution in [-0.2, 0) is 12.6 Å². The minimum absolute atomic E-state index is 0.122. The Kier molecular flexibility index (Phi) is 5.44. The van der Waals surface area contributed by atoms with Gasteiger partial charge >= 0.3 is 12.4 Å². The van der Waals surface area contributed by atoms with Gasteiger partial charge in [-0.2, -0.15) is 26.3 Å². The molecule has 1 nitrogen and oxygen atoms in total. The van der Waals surface area contributed by atoms with Gasteiger partial charge in [0.05, 0.1) is 5.56 Å². The van der Waals surface area contributed by atoms with Crippen molar-refractivity contribution >= 4 is 0 Å². The standard InChI is InChI=1S/C13H15F6N/c1-20-11(5-6-12(14,15)16)8-9-3-2-4-10(7-9)13(17,18)19/h2-4,7,11,20H,5-6,8H2,1H3. The highest BCUT2D eigenvalue weighted by molar-refractivity contribution is 5.26. The van der Waals surface area contributed by atoms with Crippen molar-refractivity contribution in [2.75, 3.05) is 7.05 Å². The number of nitrogens with one attached hydrogen (secondary N) is 1. The number of halogens is 6. The number of benzene rings is 1. The Morgan fingerprint density at radius 1 is 1.10 bits per heavy atom. The quantitative estimate of drug-likeness (QED) is 0.804. The first-order valence-corrected chi connectivity index (χ1v) is 6.02.